The number of hydrogen-bond acceptors (Lipinski definition) is 7. The van der Waals surface area contributed by atoms with Crippen LogP contribution < -0.4 is 10.2 Å². The van der Waals surface area contributed by atoms with E-state index in [2.05, 4.69) is 35.0 Å². The van der Waals surface area contributed by atoms with Crippen molar-refractivity contribution in [3.05, 3.63) is 66.7 Å². The van der Waals surface area contributed by atoms with Crippen LogP contribution in [0.25, 0.3) is 22.4 Å². The third-order valence-corrected chi connectivity index (χ3v) is 5.61. The molecule has 1 fully saturated rings. The smallest absolute Gasteiger partial charge is 0.398 e. The van der Waals surface area contributed by atoms with Crippen LogP contribution in [-0.4, -0.2) is 71.6 Å². The number of H-pyrrole nitrogens is 1. The van der Waals surface area contributed by atoms with E-state index in [1.54, 1.807) is 39.4 Å². The van der Waals surface area contributed by atoms with Gasteiger partial charge in [0.2, 0.25) is 0 Å². The van der Waals surface area contributed by atoms with Crippen molar-refractivity contribution in [1.82, 2.24) is 24.7 Å². The average molecular weight is 440 g/mol. The van der Waals surface area contributed by atoms with Gasteiger partial charge in [-0.05, 0) is 24.3 Å². The number of carbonyl (C=O) groups is 1. The van der Waals surface area contributed by atoms with Gasteiger partial charge in [0.25, 0.3) is 5.91 Å². The van der Waals surface area contributed by atoms with E-state index in [9.17, 15) is 4.79 Å². The fourth-order valence-corrected chi connectivity index (χ4v) is 3.97. The van der Waals surface area contributed by atoms with E-state index in [4.69, 9.17) is 4.65 Å². The third kappa shape index (κ3) is 4.57. The predicted octanol–water partition coefficient (Wildman–Crippen LogP) is 2.57. The summed E-state index contributed by atoms with van der Waals surface area (Å²) in [6, 6.07) is 13.5. The van der Waals surface area contributed by atoms with E-state index < -0.39 is 0 Å². The van der Waals surface area contributed by atoms with Gasteiger partial charge in [-0.15, -0.1) is 0 Å². The number of pyridine rings is 1. The number of hydrogen-bond donors (Lipinski definition) is 2. The Morgan fingerprint density at radius 3 is 2.79 bits per heavy atom. The highest BCUT2D eigenvalue weighted by Gasteiger charge is 2.21. The van der Waals surface area contributed by atoms with Gasteiger partial charge in [-0.25, -0.2) is 9.97 Å². The number of piperazine rings is 1. The highest BCUT2D eigenvalue weighted by atomic mass is 16.4. The molecule has 4 heterocycles. The van der Waals surface area contributed by atoms with Crippen LogP contribution in [0, 0.1) is 0 Å². The number of nitrogens with zero attached hydrogens (tertiary/aromatic N) is 5. The van der Waals surface area contributed by atoms with Crippen LogP contribution in [0.5, 0.6) is 0 Å². The second kappa shape index (κ2) is 9.39. The second-order valence-corrected chi connectivity index (χ2v) is 7.75. The zero-order valence-corrected chi connectivity index (χ0v) is 18.2. The number of nitrogens with one attached hydrogen (secondary N) is 2. The number of carbonyl (C=O) groups excluding carboxylic acids is 1. The molecule has 3 aromatic heterocycles. The lowest BCUT2D eigenvalue weighted by atomic mass is 10.1. The molecule has 0 atom stereocenters. The molecule has 0 saturated carbocycles. The van der Waals surface area contributed by atoms with Crippen molar-refractivity contribution < 1.29 is 9.45 Å². The lowest BCUT2D eigenvalue weighted by Crippen LogP contribution is -2.48. The molecule has 1 radical (unpaired) electrons. The SMILES string of the molecule is CO[B]N1CCN(c2ccncc2NC(=O)c2ccnc(-c3cc4ccccc4[nH]3)n2)CC1. The number of amides is 1. The number of fused-ring (bicyclic) bond motifs is 1. The predicted molar refractivity (Wildman–Crippen MR) is 128 cm³/mol. The van der Waals surface area contributed by atoms with Crippen LogP contribution in [-0.2, 0) is 4.65 Å². The molecule has 1 amide bonds. The first-order chi connectivity index (χ1) is 16.2. The topological polar surface area (TPSA) is 99.3 Å². The summed E-state index contributed by atoms with van der Waals surface area (Å²) >= 11 is 0. The summed E-state index contributed by atoms with van der Waals surface area (Å²) < 4.78 is 5.11. The lowest BCUT2D eigenvalue weighted by molar-refractivity contribution is 0.102. The van der Waals surface area contributed by atoms with E-state index in [1.165, 1.54) is 0 Å². The van der Waals surface area contributed by atoms with Gasteiger partial charge in [-0.1, -0.05) is 18.2 Å². The van der Waals surface area contributed by atoms with Crippen LogP contribution in [0.3, 0.4) is 0 Å². The van der Waals surface area contributed by atoms with Crippen molar-refractivity contribution in [2.45, 2.75) is 0 Å². The second-order valence-electron chi connectivity index (χ2n) is 7.75. The molecule has 1 aliphatic rings. The summed E-state index contributed by atoms with van der Waals surface area (Å²) in [5.41, 5.74) is 3.62. The molecule has 1 aromatic carbocycles. The zero-order chi connectivity index (χ0) is 22.6. The highest BCUT2D eigenvalue weighted by molar-refractivity contribution is 6.23. The summed E-state index contributed by atoms with van der Waals surface area (Å²) in [6.45, 7) is 3.29. The Morgan fingerprint density at radius 1 is 1.12 bits per heavy atom. The van der Waals surface area contributed by atoms with Gasteiger partial charge in [0.1, 0.15) is 5.69 Å². The summed E-state index contributed by atoms with van der Waals surface area (Å²) in [4.78, 5) is 33.8. The first-order valence-electron chi connectivity index (χ1n) is 10.7. The Balaban J connectivity index is 1.34. The van der Waals surface area contributed by atoms with Gasteiger partial charge >= 0.3 is 7.62 Å². The molecule has 165 valence electrons. The third-order valence-electron chi connectivity index (χ3n) is 5.61. The molecular formula is C23H23BN7O2. The molecule has 0 aliphatic carbocycles. The molecule has 0 bridgehead atoms. The Morgan fingerprint density at radius 2 is 1.97 bits per heavy atom. The molecule has 4 aromatic rings. The van der Waals surface area contributed by atoms with Gasteiger partial charge in [0.15, 0.2) is 5.82 Å². The summed E-state index contributed by atoms with van der Waals surface area (Å²) in [7, 11) is 3.39. The summed E-state index contributed by atoms with van der Waals surface area (Å²) in [5.74, 6) is 0.158. The van der Waals surface area contributed by atoms with Crippen LogP contribution in [0.1, 0.15) is 10.5 Å². The maximum Gasteiger partial charge on any atom is 0.398 e. The van der Waals surface area contributed by atoms with E-state index in [-0.39, 0.29) is 11.6 Å². The Hall–Kier alpha value is -3.76. The molecule has 9 nitrogen and oxygen atoms in total. The fraction of sp³-hybridized carbons (Fsp3) is 0.217. The number of para-hydroxylation sites is 1. The minimum Gasteiger partial charge on any atom is -0.427 e. The van der Waals surface area contributed by atoms with Crippen molar-refractivity contribution >= 4 is 35.8 Å². The molecule has 1 aliphatic heterocycles. The van der Waals surface area contributed by atoms with Crippen molar-refractivity contribution in [1.29, 1.82) is 0 Å². The molecule has 1 saturated heterocycles. The van der Waals surface area contributed by atoms with Crippen LogP contribution >= 0.6 is 0 Å². The van der Waals surface area contributed by atoms with Crippen molar-refractivity contribution in [3.63, 3.8) is 0 Å². The number of aromatic amines is 1. The first-order valence-corrected chi connectivity index (χ1v) is 10.7. The fourth-order valence-electron chi connectivity index (χ4n) is 3.97. The van der Waals surface area contributed by atoms with Crippen LogP contribution in [0.15, 0.2) is 61.1 Å². The van der Waals surface area contributed by atoms with Gasteiger partial charge in [-0.2, -0.15) is 0 Å². The van der Waals surface area contributed by atoms with Crippen molar-refractivity contribution in [2.24, 2.45) is 0 Å². The summed E-state index contributed by atoms with van der Waals surface area (Å²) in [5, 5.41) is 4.04. The molecule has 33 heavy (non-hydrogen) atoms. The number of rotatable bonds is 6. The zero-order valence-electron chi connectivity index (χ0n) is 18.2. The van der Waals surface area contributed by atoms with Crippen LogP contribution in [0.2, 0.25) is 0 Å². The number of aromatic nitrogens is 4. The molecular weight excluding hydrogens is 417 g/mol. The molecule has 2 N–H and O–H groups in total. The van der Waals surface area contributed by atoms with Crippen molar-refractivity contribution in [3.8, 4) is 11.5 Å². The van der Waals surface area contributed by atoms with Gasteiger partial charge in [-0.3, -0.25) is 9.78 Å². The summed E-state index contributed by atoms with van der Waals surface area (Å²) in [6.07, 6.45) is 5.00. The normalized spacial score (nSPS) is 14.4. The molecule has 0 spiro atoms. The van der Waals surface area contributed by atoms with E-state index >= 15 is 0 Å². The maximum absolute atomic E-state index is 13.1. The van der Waals surface area contributed by atoms with E-state index in [0.29, 0.717) is 11.5 Å². The minimum atomic E-state index is -0.310. The Kier molecular flexibility index (Phi) is 6.01. The Bertz CT molecular complexity index is 1240. The minimum absolute atomic E-state index is 0.285. The average Bonchev–Trinajstić information content (AvgIpc) is 3.30. The van der Waals surface area contributed by atoms with Gasteiger partial charge < -0.3 is 24.7 Å². The molecule has 5 rings (SSSR count). The van der Waals surface area contributed by atoms with Gasteiger partial charge in [0, 0.05) is 56.6 Å². The van der Waals surface area contributed by atoms with Crippen LogP contribution in [0.4, 0.5) is 11.4 Å². The van der Waals surface area contributed by atoms with Gasteiger partial charge in [0.05, 0.1) is 23.3 Å². The Labute approximate surface area is 192 Å². The van der Waals surface area contributed by atoms with Crippen molar-refractivity contribution in [2.75, 3.05) is 43.5 Å². The monoisotopic (exact) mass is 440 g/mol. The quantitative estimate of drug-likeness (QED) is 0.445. The largest absolute Gasteiger partial charge is 0.427 e. The number of benzene rings is 1. The first kappa shape index (κ1) is 21.1. The molecule has 10 heteroatoms. The number of anilines is 2. The van der Waals surface area contributed by atoms with E-state index in [0.717, 1.165) is 48.5 Å². The highest BCUT2D eigenvalue weighted by Crippen LogP contribution is 2.26. The standard InChI is InChI=1S/C23H23BN7O2/c1-33-24-31-12-10-30(11-13-31)21-7-8-25-15-20(21)29-23(32)18-6-9-26-22(28-18)19-14-16-4-2-3-5-17(16)27-19/h2-9,14-15,27H,10-13H2,1H3,(H,29,32). The maximum atomic E-state index is 13.1. The molecule has 0 unspecified atom stereocenters. The van der Waals surface area contributed by atoms with E-state index in [1.807, 2.05) is 36.4 Å². The lowest BCUT2D eigenvalue weighted by Gasteiger charge is -2.36.